The van der Waals surface area contributed by atoms with E-state index in [0.29, 0.717) is 17.7 Å². The Morgan fingerprint density at radius 2 is 1.95 bits per heavy atom. The second-order valence-electron chi connectivity index (χ2n) is 6.60. The zero-order chi connectivity index (χ0) is 16.2. The van der Waals surface area contributed by atoms with Crippen molar-refractivity contribution in [2.24, 2.45) is 5.41 Å². The first-order chi connectivity index (χ1) is 9.58. The molecule has 0 saturated heterocycles. The maximum atomic E-state index is 12.2. The lowest BCUT2D eigenvalue weighted by Gasteiger charge is -2.26. The lowest BCUT2D eigenvalue weighted by atomic mass is 9.87. The molecule has 5 nitrogen and oxygen atoms in total. The number of carbonyl (C=O) groups excluding carboxylic acids is 1. The Labute approximate surface area is 125 Å². The first kappa shape index (κ1) is 17.0. The summed E-state index contributed by atoms with van der Waals surface area (Å²) in [6, 6.07) is 4.67. The SMILES string of the molecule is Cc1ccc(C(=O)NC(CC(=O)O)CC(C)(C)C)cc1N. The van der Waals surface area contributed by atoms with Crippen LogP contribution in [0.25, 0.3) is 0 Å². The van der Waals surface area contributed by atoms with E-state index in [9.17, 15) is 9.59 Å². The molecular weight excluding hydrogens is 268 g/mol. The van der Waals surface area contributed by atoms with Crippen LogP contribution in [0, 0.1) is 12.3 Å². The molecular formula is C16H24N2O3. The third-order valence-corrected chi connectivity index (χ3v) is 3.16. The number of hydrogen-bond donors (Lipinski definition) is 3. The van der Waals surface area contributed by atoms with Crippen LogP contribution in [-0.2, 0) is 4.79 Å². The summed E-state index contributed by atoms with van der Waals surface area (Å²) in [6.45, 7) is 7.90. The predicted molar refractivity (Wildman–Crippen MR) is 83.2 cm³/mol. The van der Waals surface area contributed by atoms with Crippen molar-refractivity contribution in [2.45, 2.75) is 46.6 Å². The Morgan fingerprint density at radius 3 is 2.43 bits per heavy atom. The first-order valence-electron chi connectivity index (χ1n) is 6.97. The summed E-state index contributed by atoms with van der Waals surface area (Å²) in [7, 11) is 0. The van der Waals surface area contributed by atoms with Crippen molar-refractivity contribution < 1.29 is 14.7 Å². The van der Waals surface area contributed by atoms with E-state index in [4.69, 9.17) is 10.8 Å². The van der Waals surface area contributed by atoms with Crippen molar-refractivity contribution in [2.75, 3.05) is 5.73 Å². The number of carbonyl (C=O) groups is 2. The van der Waals surface area contributed by atoms with Gasteiger partial charge in [0.05, 0.1) is 6.42 Å². The second kappa shape index (κ2) is 6.61. The molecule has 1 rings (SSSR count). The van der Waals surface area contributed by atoms with Crippen molar-refractivity contribution in [3.63, 3.8) is 0 Å². The summed E-state index contributed by atoms with van der Waals surface area (Å²) >= 11 is 0. The van der Waals surface area contributed by atoms with Crippen LogP contribution in [0.5, 0.6) is 0 Å². The molecule has 0 aliphatic carbocycles. The average molecular weight is 292 g/mol. The summed E-state index contributed by atoms with van der Waals surface area (Å²) < 4.78 is 0. The molecule has 4 N–H and O–H groups in total. The summed E-state index contributed by atoms with van der Waals surface area (Å²) in [5.41, 5.74) is 7.63. The third kappa shape index (κ3) is 5.85. The molecule has 0 aliphatic rings. The highest BCUT2D eigenvalue weighted by Crippen LogP contribution is 2.22. The highest BCUT2D eigenvalue weighted by atomic mass is 16.4. The van der Waals surface area contributed by atoms with Gasteiger partial charge in [0.15, 0.2) is 0 Å². The van der Waals surface area contributed by atoms with E-state index in [1.54, 1.807) is 18.2 Å². The molecule has 5 heteroatoms. The fourth-order valence-electron chi connectivity index (χ4n) is 2.17. The lowest BCUT2D eigenvalue weighted by molar-refractivity contribution is -0.137. The summed E-state index contributed by atoms with van der Waals surface area (Å²) in [4.78, 5) is 23.2. The van der Waals surface area contributed by atoms with E-state index >= 15 is 0 Å². The number of nitrogens with two attached hydrogens (primary N) is 1. The number of nitrogens with one attached hydrogen (secondary N) is 1. The number of nitrogen functional groups attached to an aromatic ring is 1. The summed E-state index contributed by atoms with van der Waals surface area (Å²) in [5.74, 6) is -1.22. The standard InChI is InChI=1S/C16H24N2O3/c1-10-5-6-11(7-13(10)17)15(21)18-12(8-14(19)20)9-16(2,3)4/h5-7,12H,8-9,17H2,1-4H3,(H,18,21)(H,19,20). The minimum absolute atomic E-state index is 0.0697. The van der Waals surface area contributed by atoms with E-state index in [-0.39, 0.29) is 17.7 Å². The highest BCUT2D eigenvalue weighted by molar-refractivity contribution is 5.95. The molecule has 21 heavy (non-hydrogen) atoms. The van der Waals surface area contributed by atoms with Crippen molar-refractivity contribution in [1.29, 1.82) is 0 Å². The van der Waals surface area contributed by atoms with Gasteiger partial charge in [-0.25, -0.2) is 0 Å². The topological polar surface area (TPSA) is 92.4 Å². The van der Waals surface area contributed by atoms with Gasteiger partial charge in [0.2, 0.25) is 0 Å². The van der Waals surface area contributed by atoms with E-state index in [0.717, 1.165) is 5.56 Å². The number of aryl methyl sites for hydroxylation is 1. The molecule has 0 heterocycles. The van der Waals surface area contributed by atoms with Gasteiger partial charge in [-0.1, -0.05) is 26.8 Å². The first-order valence-corrected chi connectivity index (χ1v) is 6.97. The van der Waals surface area contributed by atoms with Crippen LogP contribution in [0.15, 0.2) is 18.2 Å². The number of benzene rings is 1. The molecule has 1 aromatic carbocycles. The minimum atomic E-state index is -0.923. The van der Waals surface area contributed by atoms with Gasteiger partial charge >= 0.3 is 5.97 Å². The smallest absolute Gasteiger partial charge is 0.305 e. The fraction of sp³-hybridized carbons (Fsp3) is 0.500. The molecule has 1 atom stereocenters. The molecule has 0 saturated carbocycles. The number of hydrogen-bond acceptors (Lipinski definition) is 3. The molecule has 1 amide bonds. The van der Waals surface area contributed by atoms with Crippen LogP contribution in [0.2, 0.25) is 0 Å². The van der Waals surface area contributed by atoms with Crippen molar-refractivity contribution in [3.8, 4) is 0 Å². The monoisotopic (exact) mass is 292 g/mol. The third-order valence-electron chi connectivity index (χ3n) is 3.16. The van der Waals surface area contributed by atoms with Gasteiger partial charge in [-0.3, -0.25) is 9.59 Å². The number of amides is 1. The number of rotatable bonds is 5. The quantitative estimate of drug-likeness (QED) is 0.727. The molecule has 0 fully saturated rings. The fourth-order valence-corrected chi connectivity index (χ4v) is 2.17. The normalized spacial score (nSPS) is 12.8. The van der Waals surface area contributed by atoms with Crippen molar-refractivity contribution >= 4 is 17.6 Å². The van der Waals surface area contributed by atoms with E-state index in [1.807, 2.05) is 27.7 Å². The largest absolute Gasteiger partial charge is 0.481 e. The molecule has 0 spiro atoms. The zero-order valence-corrected chi connectivity index (χ0v) is 13.1. The van der Waals surface area contributed by atoms with Crippen LogP contribution in [-0.4, -0.2) is 23.0 Å². The van der Waals surface area contributed by atoms with Gasteiger partial charge in [0.1, 0.15) is 0 Å². The number of carboxylic acids is 1. The Balaban J connectivity index is 2.83. The molecule has 0 radical (unpaired) electrons. The Kier molecular flexibility index (Phi) is 5.35. The molecule has 0 aromatic heterocycles. The minimum Gasteiger partial charge on any atom is -0.481 e. The molecule has 1 aromatic rings. The van der Waals surface area contributed by atoms with Gasteiger partial charge in [0, 0.05) is 17.3 Å². The maximum Gasteiger partial charge on any atom is 0.305 e. The second-order valence-corrected chi connectivity index (χ2v) is 6.60. The van der Waals surface area contributed by atoms with E-state index in [2.05, 4.69) is 5.32 Å². The van der Waals surface area contributed by atoms with Crippen LogP contribution < -0.4 is 11.1 Å². The predicted octanol–water partition coefficient (Wildman–Crippen LogP) is 2.59. The van der Waals surface area contributed by atoms with Crippen molar-refractivity contribution in [1.82, 2.24) is 5.32 Å². The van der Waals surface area contributed by atoms with Gasteiger partial charge < -0.3 is 16.2 Å². The van der Waals surface area contributed by atoms with E-state index in [1.165, 1.54) is 0 Å². The van der Waals surface area contributed by atoms with Crippen LogP contribution in [0.4, 0.5) is 5.69 Å². The molecule has 1 unspecified atom stereocenters. The average Bonchev–Trinajstić information content (AvgIpc) is 2.29. The summed E-state index contributed by atoms with van der Waals surface area (Å²) in [5, 5.41) is 11.8. The number of aliphatic carboxylic acids is 1. The van der Waals surface area contributed by atoms with Crippen LogP contribution in [0.1, 0.15) is 49.5 Å². The van der Waals surface area contributed by atoms with Crippen LogP contribution in [0.3, 0.4) is 0 Å². The van der Waals surface area contributed by atoms with Gasteiger partial charge in [0.25, 0.3) is 5.91 Å². The molecule has 116 valence electrons. The van der Waals surface area contributed by atoms with Gasteiger partial charge in [-0.2, -0.15) is 0 Å². The highest BCUT2D eigenvalue weighted by Gasteiger charge is 2.23. The summed E-state index contributed by atoms with van der Waals surface area (Å²) in [6.07, 6.45) is 0.497. The Morgan fingerprint density at radius 1 is 1.33 bits per heavy atom. The number of anilines is 1. The van der Waals surface area contributed by atoms with Gasteiger partial charge in [-0.05, 0) is 36.5 Å². The molecule has 0 bridgehead atoms. The van der Waals surface area contributed by atoms with Crippen LogP contribution >= 0.6 is 0 Å². The lowest BCUT2D eigenvalue weighted by Crippen LogP contribution is -2.39. The zero-order valence-electron chi connectivity index (χ0n) is 13.1. The Bertz CT molecular complexity index is 533. The maximum absolute atomic E-state index is 12.2. The van der Waals surface area contributed by atoms with E-state index < -0.39 is 12.0 Å². The van der Waals surface area contributed by atoms with Crippen molar-refractivity contribution in [3.05, 3.63) is 29.3 Å². The Hall–Kier alpha value is -2.04. The molecule has 0 aliphatic heterocycles. The van der Waals surface area contributed by atoms with Gasteiger partial charge in [-0.15, -0.1) is 0 Å². The number of carboxylic acid groups (broad SMARTS) is 1.